The molecular weight excluding hydrogens is 450 g/mol. The first-order valence-corrected chi connectivity index (χ1v) is 11.5. The Morgan fingerprint density at radius 3 is 2.29 bits per heavy atom. The molecule has 0 fully saturated rings. The molecular formula is C27H28ClN3O3. The van der Waals surface area contributed by atoms with Gasteiger partial charge in [-0.3, -0.25) is 4.98 Å². The van der Waals surface area contributed by atoms with Gasteiger partial charge in [0.05, 0.1) is 11.3 Å². The number of rotatable bonds is 5. The number of ether oxygens (including phenoxy) is 1. The number of aliphatic carboxylic acids is 1. The van der Waals surface area contributed by atoms with E-state index in [1.54, 1.807) is 12.1 Å². The molecule has 7 heteroatoms. The third-order valence-electron chi connectivity index (χ3n) is 5.75. The Labute approximate surface area is 204 Å². The van der Waals surface area contributed by atoms with Crippen molar-refractivity contribution >= 4 is 23.2 Å². The van der Waals surface area contributed by atoms with Crippen LogP contribution < -0.4 is 0 Å². The summed E-state index contributed by atoms with van der Waals surface area (Å²) in [6, 6.07) is 13.2. The van der Waals surface area contributed by atoms with Gasteiger partial charge in [-0.05, 0) is 82.5 Å². The summed E-state index contributed by atoms with van der Waals surface area (Å²) in [4.78, 5) is 22.1. The van der Waals surface area contributed by atoms with E-state index in [9.17, 15) is 9.90 Å². The second-order valence-electron chi connectivity index (χ2n) is 9.39. The van der Waals surface area contributed by atoms with Crippen LogP contribution >= 0.6 is 11.6 Å². The van der Waals surface area contributed by atoms with E-state index in [4.69, 9.17) is 26.3 Å². The van der Waals surface area contributed by atoms with Gasteiger partial charge >= 0.3 is 5.97 Å². The molecule has 3 aromatic heterocycles. The maximum atomic E-state index is 12.4. The number of hydrogen-bond donors (Lipinski definition) is 1. The Morgan fingerprint density at radius 1 is 1.03 bits per heavy atom. The Balaban J connectivity index is 2.05. The average molecular weight is 478 g/mol. The van der Waals surface area contributed by atoms with E-state index in [2.05, 4.69) is 0 Å². The van der Waals surface area contributed by atoms with Gasteiger partial charge in [-0.25, -0.2) is 9.78 Å². The first-order chi connectivity index (χ1) is 16.0. The highest BCUT2D eigenvalue weighted by Gasteiger charge is 2.33. The molecule has 0 radical (unpaired) electrons. The molecule has 4 aromatic rings. The van der Waals surface area contributed by atoms with Crippen molar-refractivity contribution in [2.45, 2.75) is 53.2 Å². The Morgan fingerprint density at radius 2 is 1.71 bits per heavy atom. The van der Waals surface area contributed by atoms with Crippen LogP contribution in [-0.2, 0) is 9.53 Å². The number of fused-ring (bicyclic) bond motifs is 1. The summed E-state index contributed by atoms with van der Waals surface area (Å²) in [5.41, 5.74) is 6.15. The topological polar surface area (TPSA) is 76.7 Å². The number of nitrogens with zero attached hydrogens (tertiary/aromatic N) is 3. The largest absolute Gasteiger partial charge is 0.479 e. The zero-order valence-corrected chi connectivity index (χ0v) is 20.9. The van der Waals surface area contributed by atoms with Crippen LogP contribution in [0.2, 0.25) is 5.02 Å². The van der Waals surface area contributed by atoms with Gasteiger partial charge in [-0.15, -0.1) is 0 Å². The number of benzene rings is 1. The standard InChI is InChI=1S/C27H28ClN3O3/c1-15-21(18-10-12-19(28)13-11-18)22(25(26(32)33)34-27(4,5)6)16(2)29-23(15)24-17(3)31-14-8-7-9-20(31)30-24/h7-14,25H,1-6H3,(H,32,33)/t25-/m0/s1. The van der Waals surface area contributed by atoms with Crippen molar-refractivity contribution in [3.05, 3.63) is 76.2 Å². The smallest absolute Gasteiger partial charge is 0.337 e. The third kappa shape index (κ3) is 4.43. The van der Waals surface area contributed by atoms with Gasteiger partial charge in [0.25, 0.3) is 0 Å². The van der Waals surface area contributed by atoms with E-state index < -0.39 is 17.7 Å². The summed E-state index contributed by atoms with van der Waals surface area (Å²) >= 11 is 6.16. The summed E-state index contributed by atoms with van der Waals surface area (Å²) in [6.07, 6.45) is 0.781. The number of aromatic nitrogens is 3. The van der Waals surface area contributed by atoms with Gasteiger partial charge in [0, 0.05) is 28.2 Å². The minimum Gasteiger partial charge on any atom is -0.479 e. The lowest BCUT2D eigenvalue weighted by Gasteiger charge is -2.28. The van der Waals surface area contributed by atoms with Gasteiger partial charge < -0.3 is 14.2 Å². The van der Waals surface area contributed by atoms with Crippen molar-refractivity contribution in [3.63, 3.8) is 0 Å². The van der Waals surface area contributed by atoms with E-state index in [1.807, 2.05) is 82.5 Å². The molecule has 0 aliphatic heterocycles. The minimum absolute atomic E-state index is 0.535. The molecule has 6 nitrogen and oxygen atoms in total. The molecule has 0 aliphatic rings. The summed E-state index contributed by atoms with van der Waals surface area (Å²) in [5.74, 6) is -1.06. The fraction of sp³-hybridized carbons (Fsp3) is 0.296. The minimum atomic E-state index is -1.19. The molecule has 0 amide bonds. The molecule has 3 heterocycles. The van der Waals surface area contributed by atoms with Crippen molar-refractivity contribution in [3.8, 4) is 22.5 Å². The van der Waals surface area contributed by atoms with Crippen LogP contribution in [0.25, 0.3) is 28.2 Å². The van der Waals surface area contributed by atoms with Crippen LogP contribution in [0.3, 0.4) is 0 Å². The van der Waals surface area contributed by atoms with Gasteiger partial charge in [0.15, 0.2) is 6.10 Å². The lowest BCUT2D eigenvalue weighted by Crippen LogP contribution is -2.28. The summed E-state index contributed by atoms with van der Waals surface area (Å²) in [7, 11) is 0. The molecule has 0 unspecified atom stereocenters. The molecule has 0 bridgehead atoms. The van der Waals surface area contributed by atoms with E-state index in [-0.39, 0.29) is 0 Å². The number of halogens is 1. The SMILES string of the molecule is Cc1nc(-c2nc3ccccn3c2C)c(C)c(-c2ccc(Cl)cc2)c1[C@H](OC(C)(C)C)C(=O)O. The third-order valence-corrected chi connectivity index (χ3v) is 6.00. The number of aryl methyl sites for hydroxylation is 2. The molecule has 0 saturated carbocycles. The molecule has 1 aromatic carbocycles. The predicted octanol–water partition coefficient (Wildman–Crippen LogP) is 6.58. The Kier molecular flexibility index (Phi) is 6.23. The molecule has 1 atom stereocenters. The van der Waals surface area contributed by atoms with Gasteiger partial charge in [-0.1, -0.05) is 29.8 Å². The van der Waals surface area contributed by atoms with Crippen molar-refractivity contribution < 1.29 is 14.6 Å². The van der Waals surface area contributed by atoms with E-state index in [1.165, 1.54) is 0 Å². The van der Waals surface area contributed by atoms with Crippen LogP contribution in [0.15, 0.2) is 48.7 Å². The number of carboxylic acids is 1. The van der Waals surface area contributed by atoms with Crippen LogP contribution in [0.4, 0.5) is 0 Å². The highest BCUT2D eigenvalue weighted by Crippen LogP contribution is 2.41. The molecule has 1 N–H and O–H groups in total. The molecule has 0 saturated heterocycles. The predicted molar refractivity (Wildman–Crippen MR) is 134 cm³/mol. The fourth-order valence-electron chi connectivity index (χ4n) is 4.28. The second-order valence-corrected chi connectivity index (χ2v) is 9.83. The van der Waals surface area contributed by atoms with Gasteiger partial charge in [-0.2, -0.15) is 0 Å². The number of carboxylic acid groups (broad SMARTS) is 1. The number of hydrogen-bond acceptors (Lipinski definition) is 4. The number of carbonyl (C=O) groups is 1. The number of pyridine rings is 2. The van der Waals surface area contributed by atoms with Gasteiger partial charge in [0.1, 0.15) is 11.3 Å². The van der Waals surface area contributed by atoms with Crippen molar-refractivity contribution in [2.24, 2.45) is 0 Å². The fourth-order valence-corrected chi connectivity index (χ4v) is 4.41. The first kappa shape index (κ1) is 23.9. The van der Waals surface area contributed by atoms with Crippen molar-refractivity contribution in [2.75, 3.05) is 0 Å². The molecule has 176 valence electrons. The normalized spacial score (nSPS) is 12.8. The molecule has 34 heavy (non-hydrogen) atoms. The van der Waals surface area contributed by atoms with E-state index in [0.717, 1.165) is 33.7 Å². The Hall–Kier alpha value is -3.22. The van der Waals surface area contributed by atoms with Crippen LogP contribution in [0.1, 0.15) is 49.4 Å². The first-order valence-electron chi connectivity index (χ1n) is 11.1. The van der Waals surface area contributed by atoms with Crippen LogP contribution in [0.5, 0.6) is 0 Å². The zero-order chi connectivity index (χ0) is 24.8. The lowest BCUT2D eigenvalue weighted by atomic mass is 9.89. The van der Waals surface area contributed by atoms with Crippen LogP contribution in [-0.4, -0.2) is 31.0 Å². The van der Waals surface area contributed by atoms with E-state index >= 15 is 0 Å². The summed E-state index contributed by atoms with van der Waals surface area (Å²) in [5, 5.41) is 10.8. The maximum Gasteiger partial charge on any atom is 0.337 e. The second kappa shape index (κ2) is 8.85. The number of imidazole rings is 1. The zero-order valence-electron chi connectivity index (χ0n) is 20.2. The molecule has 0 spiro atoms. The monoisotopic (exact) mass is 477 g/mol. The van der Waals surface area contributed by atoms with Crippen LogP contribution in [0, 0.1) is 20.8 Å². The van der Waals surface area contributed by atoms with Gasteiger partial charge in [0.2, 0.25) is 0 Å². The molecule has 0 aliphatic carbocycles. The average Bonchev–Trinajstić information content (AvgIpc) is 3.10. The Bertz CT molecular complexity index is 1390. The highest BCUT2D eigenvalue weighted by atomic mass is 35.5. The van der Waals surface area contributed by atoms with E-state index in [0.29, 0.717) is 22.0 Å². The summed E-state index contributed by atoms with van der Waals surface area (Å²) < 4.78 is 8.06. The van der Waals surface area contributed by atoms with Crippen molar-refractivity contribution in [1.29, 1.82) is 0 Å². The lowest BCUT2D eigenvalue weighted by molar-refractivity contribution is -0.160. The highest BCUT2D eigenvalue weighted by molar-refractivity contribution is 6.30. The van der Waals surface area contributed by atoms with Crippen molar-refractivity contribution in [1.82, 2.24) is 14.4 Å². The summed E-state index contributed by atoms with van der Waals surface area (Å²) in [6.45, 7) is 11.3. The maximum absolute atomic E-state index is 12.4. The quantitative estimate of drug-likeness (QED) is 0.351. The molecule has 4 rings (SSSR count).